The van der Waals surface area contributed by atoms with Gasteiger partial charge in [0.15, 0.2) is 0 Å². The van der Waals surface area contributed by atoms with Crippen molar-refractivity contribution in [3.63, 3.8) is 0 Å². The van der Waals surface area contributed by atoms with Crippen molar-refractivity contribution in [1.82, 2.24) is 5.32 Å². The maximum atomic E-state index is 11.5. The molecule has 1 rings (SSSR count). The van der Waals surface area contributed by atoms with Crippen molar-refractivity contribution in [3.05, 3.63) is 33.8 Å². The Kier molecular flexibility index (Phi) is 5.75. The largest absolute Gasteiger partial charge is 0.352 e. The van der Waals surface area contributed by atoms with Crippen LogP contribution in [0.15, 0.2) is 18.2 Å². The number of aryl methyl sites for hydroxylation is 1. The van der Waals surface area contributed by atoms with E-state index in [4.69, 9.17) is 28.9 Å². The Morgan fingerprint density at radius 3 is 2.76 bits per heavy atom. The van der Waals surface area contributed by atoms with E-state index in [9.17, 15) is 4.79 Å². The molecule has 1 aromatic rings. The summed E-state index contributed by atoms with van der Waals surface area (Å²) in [7, 11) is 0. The molecule has 1 amide bonds. The van der Waals surface area contributed by atoms with Crippen LogP contribution < -0.4 is 11.1 Å². The number of benzene rings is 1. The topological polar surface area (TPSA) is 55.1 Å². The summed E-state index contributed by atoms with van der Waals surface area (Å²) in [6.45, 7) is 2.31. The van der Waals surface area contributed by atoms with E-state index in [1.165, 1.54) is 0 Å². The molecule has 3 N–H and O–H groups in total. The van der Waals surface area contributed by atoms with E-state index < -0.39 is 0 Å². The van der Waals surface area contributed by atoms with Crippen molar-refractivity contribution in [2.24, 2.45) is 5.73 Å². The predicted octanol–water partition coefficient (Wildman–Crippen LogP) is 2.39. The van der Waals surface area contributed by atoms with Gasteiger partial charge in [-0.15, -0.1) is 0 Å². The third-order valence-electron chi connectivity index (χ3n) is 2.40. The number of hydrogen-bond acceptors (Lipinski definition) is 2. The average molecular weight is 275 g/mol. The molecule has 0 radical (unpaired) electrons. The minimum atomic E-state index is -0.0195. The fourth-order valence-electron chi connectivity index (χ4n) is 1.38. The fraction of sp³-hybridized carbons (Fsp3) is 0.417. The van der Waals surface area contributed by atoms with Gasteiger partial charge < -0.3 is 11.1 Å². The quantitative estimate of drug-likeness (QED) is 0.866. The number of amides is 1. The zero-order valence-electron chi connectivity index (χ0n) is 9.67. The molecule has 5 heteroatoms. The molecule has 0 aliphatic carbocycles. The molecule has 0 aromatic heterocycles. The van der Waals surface area contributed by atoms with Crippen LogP contribution in [0, 0.1) is 0 Å². The van der Waals surface area contributed by atoms with E-state index >= 15 is 0 Å². The van der Waals surface area contributed by atoms with Crippen LogP contribution in [0.3, 0.4) is 0 Å². The maximum absolute atomic E-state index is 11.5. The summed E-state index contributed by atoms with van der Waals surface area (Å²) < 4.78 is 0. The maximum Gasteiger partial charge on any atom is 0.220 e. The lowest BCUT2D eigenvalue weighted by Gasteiger charge is -2.11. The molecular weight excluding hydrogens is 259 g/mol. The van der Waals surface area contributed by atoms with Gasteiger partial charge in [0.1, 0.15) is 0 Å². The highest BCUT2D eigenvalue weighted by Gasteiger charge is 2.07. The van der Waals surface area contributed by atoms with Crippen molar-refractivity contribution in [2.75, 3.05) is 6.54 Å². The first kappa shape index (κ1) is 14.3. The first-order chi connectivity index (χ1) is 8.02. The minimum Gasteiger partial charge on any atom is -0.352 e. The van der Waals surface area contributed by atoms with Crippen LogP contribution in [-0.4, -0.2) is 18.5 Å². The van der Waals surface area contributed by atoms with Crippen LogP contribution in [0.2, 0.25) is 10.0 Å². The predicted molar refractivity (Wildman–Crippen MR) is 71.4 cm³/mol. The monoisotopic (exact) mass is 274 g/mol. The average Bonchev–Trinajstić information content (AvgIpc) is 2.27. The van der Waals surface area contributed by atoms with Gasteiger partial charge in [0.2, 0.25) is 5.91 Å². The van der Waals surface area contributed by atoms with Crippen molar-refractivity contribution in [3.8, 4) is 0 Å². The summed E-state index contributed by atoms with van der Waals surface area (Å²) >= 11 is 11.8. The molecule has 3 nitrogen and oxygen atoms in total. The molecule has 94 valence electrons. The second-order valence-electron chi connectivity index (χ2n) is 3.94. The Morgan fingerprint density at radius 1 is 1.47 bits per heavy atom. The fourth-order valence-corrected chi connectivity index (χ4v) is 1.88. The second-order valence-corrected chi connectivity index (χ2v) is 4.78. The van der Waals surface area contributed by atoms with E-state index in [-0.39, 0.29) is 11.9 Å². The minimum absolute atomic E-state index is 0.00295. The lowest BCUT2D eigenvalue weighted by atomic mass is 10.1. The molecule has 0 unspecified atom stereocenters. The molecule has 0 saturated carbocycles. The van der Waals surface area contributed by atoms with Crippen LogP contribution in [0.4, 0.5) is 0 Å². The standard InChI is InChI=1S/C12H16Cl2N2O/c1-8(7-15)16-12(17)5-3-9-2-4-10(13)6-11(9)14/h2,4,6,8H,3,5,7,15H2,1H3,(H,16,17)/t8-/m0/s1. The van der Waals surface area contributed by atoms with Gasteiger partial charge in [-0.1, -0.05) is 29.3 Å². The highest BCUT2D eigenvalue weighted by Crippen LogP contribution is 2.21. The van der Waals surface area contributed by atoms with Crippen molar-refractivity contribution in [2.45, 2.75) is 25.8 Å². The Labute approximate surface area is 111 Å². The summed E-state index contributed by atoms with van der Waals surface area (Å²) in [5.74, 6) is -0.0195. The third-order valence-corrected chi connectivity index (χ3v) is 2.98. The van der Waals surface area contributed by atoms with Gasteiger partial charge in [0.05, 0.1) is 0 Å². The molecule has 17 heavy (non-hydrogen) atoms. The van der Waals surface area contributed by atoms with Crippen LogP contribution in [0.5, 0.6) is 0 Å². The van der Waals surface area contributed by atoms with E-state index in [1.807, 2.05) is 13.0 Å². The smallest absolute Gasteiger partial charge is 0.220 e. The molecule has 0 spiro atoms. The summed E-state index contributed by atoms with van der Waals surface area (Å²) in [5, 5.41) is 3.99. The van der Waals surface area contributed by atoms with E-state index in [0.717, 1.165) is 5.56 Å². The number of halogens is 2. The van der Waals surface area contributed by atoms with Gasteiger partial charge in [-0.3, -0.25) is 4.79 Å². The number of carbonyl (C=O) groups excluding carboxylic acids is 1. The lowest BCUT2D eigenvalue weighted by molar-refractivity contribution is -0.121. The molecule has 0 aliphatic rings. The molecule has 0 aliphatic heterocycles. The van der Waals surface area contributed by atoms with Crippen LogP contribution in [0.1, 0.15) is 18.9 Å². The first-order valence-corrected chi connectivity index (χ1v) is 6.22. The molecular formula is C12H16Cl2N2O. The number of rotatable bonds is 5. The molecule has 0 fully saturated rings. The SMILES string of the molecule is C[C@@H](CN)NC(=O)CCc1ccc(Cl)cc1Cl. The van der Waals surface area contributed by atoms with Crippen LogP contribution in [-0.2, 0) is 11.2 Å². The van der Waals surface area contributed by atoms with Gasteiger partial charge >= 0.3 is 0 Å². The number of hydrogen-bond donors (Lipinski definition) is 2. The zero-order chi connectivity index (χ0) is 12.8. The highest BCUT2D eigenvalue weighted by molar-refractivity contribution is 6.35. The van der Waals surface area contributed by atoms with E-state index in [0.29, 0.717) is 29.4 Å². The Morgan fingerprint density at radius 2 is 2.18 bits per heavy atom. The summed E-state index contributed by atoms with van der Waals surface area (Å²) in [4.78, 5) is 11.5. The van der Waals surface area contributed by atoms with Gasteiger partial charge in [0, 0.05) is 29.1 Å². The molecule has 0 saturated heterocycles. The van der Waals surface area contributed by atoms with E-state index in [1.54, 1.807) is 12.1 Å². The summed E-state index contributed by atoms with van der Waals surface area (Å²) in [6, 6.07) is 5.29. The molecule has 0 heterocycles. The van der Waals surface area contributed by atoms with Gasteiger partial charge in [-0.05, 0) is 31.0 Å². The van der Waals surface area contributed by atoms with Gasteiger partial charge in [-0.25, -0.2) is 0 Å². The number of nitrogens with one attached hydrogen (secondary N) is 1. The molecule has 1 aromatic carbocycles. The summed E-state index contributed by atoms with van der Waals surface area (Å²) in [5.41, 5.74) is 6.34. The molecule has 0 bridgehead atoms. The Balaban J connectivity index is 2.47. The third kappa shape index (κ3) is 4.94. The summed E-state index contributed by atoms with van der Waals surface area (Å²) in [6.07, 6.45) is 0.991. The van der Waals surface area contributed by atoms with E-state index in [2.05, 4.69) is 5.32 Å². The normalized spacial score (nSPS) is 12.2. The molecule has 1 atom stereocenters. The highest BCUT2D eigenvalue weighted by atomic mass is 35.5. The zero-order valence-corrected chi connectivity index (χ0v) is 11.2. The van der Waals surface area contributed by atoms with Crippen molar-refractivity contribution < 1.29 is 4.79 Å². The second kappa shape index (κ2) is 6.84. The van der Waals surface area contributed by atoms with Crippen molar-refractivity contribution in [1.29, 1.82) is 0 Å². The van der Waals surface area contributed by atoms with Gasteiger partial charge in [0.25, 0.3) is 0 Å². The van der Waals surface area contributed by atoms with Crippen LogP contribution in [0.25, 0.3) is 0 Å². The Bertz CT molecular complexity index is 396. The van der Waals surface area contributed by atoms with Gasteiger partial charge in [-0.2, -0.15) is 0 Å². The first-order valence-electron chi connectivity index (χ1n) is 5.46. The van der Waals surface area contributed by atoms with Crippen LogP contribution >= 0.6 is 23.2 Å². The lowest BCUT2D eigenvalue weighted by Crippen LogP contribution is -2.37. The number of nitrogens with two attached hydrogens (primary N) is 1. The number of carbonyl (C=O) groups is 1. The Hall–Kier alpha value is -0.770. The van der Waals surface area contributed by atoms with Crippen molar-refractivity contribution >= 4 is 29.1 Å².